The van der Waals surface area contributed by atoms with Gasteiger partial charge < -0.3 is 10.2 Å². The zero-order chi connectivity index (χ0) is 12.4. The van der Waals surface area contributed by atoms with Crippen LogP contribution in [0.5, 0.6) is 0 Å². The molecule has 0 saturated heterocycles. The highest BCUT2D eigenvalue weighted by atomic mass is 16.2. The fourth-order valence-corrected chi connectivity index (χ4v) is 1.93. The lowest BCUT2D eigenvalue weighted by Gasteiger charge is -2.17. The minimum absolute atomic E-state index is 0.377. The topological polar surface area (TPSA) is 49.4 Å². The quantitative estimate of drug-likeness (QED) is 0.620. The van der Waals surface area contributed by atoms with E-state index in [1.807, 2.05) is 13.1 Å². The lowest BCUT2D eigenvalue weighted by atomic mass is 10.1. The minimum Gasteiger partial charge on any atom is -0.316 e. The molecule has 2 rings (SSSR count). The van der Waals surface area contributed by atoms with Gasteiger partial charge in [0.25, 0.3) is 11.7 Å². The van der Waals surface area contributed by atoms with Gasteiger partial charge >= 0.3 is 0 Å². The maximum atomic E-state index is 11.8. The van der Waals surface area contributed by atoms with Gasteiger partial charge in [0.15, 0.2) is 0 Å². The van der Waals surface area contributed by atoms with Crippen LogP contribution in [-0.2, 0) is 4.79 Å². The SMILES string of the molecule is C=C(CNC)CN1C(=O)C(=O)c2ccccc21. The Morgan fingerprint density at radius 2 is 2.06 bits per heavy atom. The number of Topliss-reactive ketones (excluding diaryl/α,β-unsaturated/α-hetero) is 1. The third kappa shape index (κ3) is 1.99. The van der Waals surface area contributed by atoms with Crippen LogP contribution >= 0.6 is 0 Å². The van der Waals surface area contributed by atoms with Gasteiger partial charge in [-0.05, 0) is 24.8 Å². The maximum absolute atomic E-state index is 11.8. The summed E-state index contributed by atoms with van der Waals surface area (Å²) in [6.45, 7) is 4.88. The van der Waals surface area contributed by atoms with Gasteiger partial charge in [0.05, 0.1) is 11.3 Å². The lowest BCUT2D eigenvalue weighted by Crippen LogP contribution is -2.33. The number of rotatable bonds is 4. The minimum atomic E-state index is -0.469. The Morgan fingerprint density at radius 1 is 1.35 bits per heavy atom. The highest BCUT2D eigenvalue weighted by molar-refractivity contribution is 6.52. The second-order valence-electron chi connectivity index (χ2n) is 4.02. The summed E-state index contributed by atoms with van der Waals surface area (Å²) in [7, 11) is 1.82. The molecule has 1 aromatic carbocycles. The molecule has 88 valence electrons. The number of nitrogens with one attached hydrogen (secondary N) is 1. The zero-order valence-corrected chi connectivity index (χ0v) is 9.69. The highest BCUT2D eigenvalue weighted by Crippen LogP contribution is 2.28. The van der Waals surface area contributed by atoms with Crippen LogP contribution in [0.2, 0.25) is 0 Å². The third-order valence-electron chi connectivity index (χ3n) is 2.69. The van der Waals surface area contributed by atoms with Gasteiger partial charge in [-0.25, -0.2) is 0 Å². The first-order valence-electron chi connectivity index (χ1n) is 5.41. The first-order valence-corrected chi connectivity index (χ1v) is 5.41. The van der Waals surface area contributed by atoms with Crippen LogP contribution in [0.3, 0.4) is 0 Å². The second kappa shape index (κ2) is 4.51. The first-order chi connectivity index (χ1) is 8.15. The molecule has 0 saturated carbocycles. The molecule has 4 nitrogen and oxygen atoms in total. The van der Waals surface area contributed by atoms with Crippen molar-refractivity contribution >= 4 is 17.4 Å². The van der Waals surface area contributed by atoms with E-state index in [0.29, 0.717) is 24.3 Å². The highest BCUT2D eigenvalue weighted by Gasteiger charge is 2.35. The van der Waals surface area contributed by atoms with E-state index in [0.717, 1.165) is 5.57 Å². The molecule has 1 aromatic rings. The Hall–Kier alpha value is -1.94. The van der Waals surface area contributed by atoms with Crippen LogP contribution in [0.25, 0.3) is 0 Å². The smallest absolute Gasteiger partial charge is 0.299 e. The van der Waals surface area contributed by atoms with Crippen molar-refractivity contribution in [2.24, 2.45) is 0 Å². The van der Waals surface area contributed by atoms with Gasteiger partial charge in [0.2, 0.25) is 0 Å². The van der Waals surface area contributed by atoms with Crippen LogP contribution in [0.4, 0.5) is 5.69 Å². The van der Waals surface area contributed by atoms with E-state index in [4.69, 9.17) is 0 Å². The molecular formula is C13H14N2O2. The number of amides is 1. The molecule has 1 heterocycles. The van der Waals surface area contributed by atoms with Gasteiger partial charge in [-0.1, -0.05) is 18.7 Å². The summed E-state index contributed by atoms with van der Waals surface area (Å²) in [6.07, 6.45) is 0. The average molecular weight is 230 g/mol. The first kappa shape index (κ1) is 11.5. The van der Waals surface area contributed by atoms with Gasteiger partial charge in [-0.15, -0.1) is 0 Å². The van der Waals surface area contributed by atoms with Crippen molar-refractivity contribution in [1.29, 1.82) is 0 Å². The van der Waals surface area contributed by atoms with Gasteiger partial charge in [0.1, 0.15) is 0 Å². The Labute approximate surface area is 99.9 Å². The monoisotopic (exact) mass is 230 g/mol. The summed E-state index contributed by atoms with van der Waals surface area (Å²) in [6, 6.07) is 7.04. The maximum Gasteiger partial charge on any atom is 0.299 e. The number of ketones is 1. The van der Waals surface area contributed by atoms with Crippen LogP contribution in [0.1, 0.15) is 10.4 Å². The number of likely N-dealkylation sites (N-methyl/N-ethyl adjacent to an activating group) is 1. The summed E-state index contributed by atoms with van der Waals surface area (Å²) >= 11 is 0. The van der Waals surface area contributed by atoms with Crippen molar-refractivity contribution in [3.05, 3.63) is 42.0 Å². The third-order valence-corrected chi connectivity index (χ3v) is 2.69. The summed E-state index contributed by atoms with van der Waals surface area (Å²) in [5, 5.41) is 2.97. The Balaban J connectivity index is 2.27. The van der Waals surface area contributed by atoms with Gasteiger partial charge in [-0.2, -0.15) is 0 Å². The lowest BCUT2D eigenvalue weighted by molar-refractivity contribution is -0.114. The van der Waals surface area contributed by atoms with Crippen molar-refractivity contribution in [3.8, 4) is 0 Å². The summed E-state index contributed by atoms with van der Waals surface area (Å²) < 4.78 is 0. The fraction of sp³-hybridized carbons (Fsp3) is 0.231. The van der Waals surface area contributed by atoms with Crippen LogP contribution in [0.15, 0.2) is 36.4 Å². The van der Waals surface area contributed by atoms with Crippen LogP contribution in [-0.4, -0.2) is 31.8 Å². The Kier molecular flexibility index (Phi) is 3.06. The standard InChI is InChI=1S/C13H14N2O2/c1-9(7-14-2)8-15-11-6-4-3-5-10(11)12(16)13(15)17/h3-6,14H,1,7-8H2,2H3. The van der Waals surface area contributed by atoms with Crippen LogP contribution < -0.4 is 10.2 Å². The fourth-order valence-electron chi connectivity index (χ4n) is 1.93. The molecule has 4 heteroatoms. The predicted octanol–water partition coefficient (Wildman–Crippen LogP) is 0.991. The number of benzene rings is 1. The normalized spacial score (nSPS) is 14.1. The van der Waals surface area contributed by atoms with E-state index in [2.05, 4.69) is 11.9 Å². The predicted molar refractivity (Wildman–Crippen MR) is 66.2 cm³/mol. The molecule has 17 heavy (non-hydrogen) atoms. The van der Waals surface area contributed by atoms with E-state index >= 15 is 0 Å². The number of fused-ring (bicyclic) bond motifs is 1. The molecule has 1 aliphatic heterocycles. The van der Waals surface area contributed by atoms with Crippen LogP contribution in [0, 0.1) is 0 Å². The summed E-state index contributed by atoms with van der Waals surface area (Å²) in [5.41, 5.74) is 2.03. The second-order valence-corrected chi connectivity index (χ2v) is 4.02. The summed E-state index contributed by atoms with van der Waals surface area (Å²) in [4.78, 5) is 25.0. The molecule has 0 bridgehead atoms. The van der Waals surface area contributed by atoms with Crippen molar-refractivity contribution in [2.75, 3.05) is 25.0 Å². The molecule has 0 radical (unpaired) electrons. The number of anilines is 1. The van der Waals surface area contributed by atoms with Crippen molar-refractivity contribution in [2.45, 2.75) is 0 Å². The van der Waals surface area contributed by atoms with E-state index in [9.17, 15) is 9.59 Å². The number of carbonyl (C=O) groups excluding carboxylic acids is 2. The van der Waals surface area contributed by atoms with Gasteiger partial charge in [-0.3, -0.25) is 9.59 Å². The number of carbonyl (C=O) groups is 2. The molecule has 1 N–H and O–H groups in total. The largest absolute Gasteiger partial charge is 0.316 e. The van der Waals surface area contributed by atoms with Crippen molar-refractivity contribution in [3.63, 3.8) is 0 Å². The van der Waals surface area contributed by atoms with Crippen molar-refractivity contribution in [1.82, 2.24) is 5.32 Å². The molecule has 0 aromatic heterocycles. The summed E-state index contributed by atoms with van der Waals surface area (Å²) in [5.74, 6) is -0.902. The van der Waals surface area contributed by atoms with Gasteiger partial charge in [0, 0.05) is 13.1 Å². The van der Waals surface area contributed by atoms with E-state index in [1.165, 1.54) is 4.90 Å². The number of nitrogens with zero attached hydrogens (tertiary/aromatic N) is 1. The average Bonchev–Trinajstić information content (AvgIpc) is 2.56. The molecule has 1 aliphatic rings. The number of hydrogen-bond donors (Lipinski definition) is 1. The molecule has 0 atom stereocenters. The molecule has 1 amide bonds. The number of para-hydroxylation sites is 1. The molecule has 0 unspecified atom stereocenters. The molecule has 0 spiro atoms. The van der Waals surface area contributed by atoms with E-state index < -0.39 is 11.7 Å². The van der Waals surface area contributed by atoms with Crippen molar-refractivity contribution < 1.29 is 9.59 Å². The Morgan fingerprint density at radius 3 is 2.76 bits per heavy atom. The Bertz CT molecular complexity index is 494. The number of hydrogen-bond acceptors (Lipinski definition) is 3. The van der Waals surface area contributed by atoms with E-state index in [-0.39, 0.29) is 0 Å². The molecule has 0 aliphatic carbocycles. The van der Waals surface area contributed by atoms with E-state index in [1.54, 1.807) is 18.2 Å². The molecular weight excluding hydrogens is 216 g/mol. The zero-order valence-electron chi connectivity index (χ0n) is 9.69. The molecule has 0 fully saturated rings.